The van der Waals surface area contributed by atoms with Gasteiger partial charge in [0.25, 0.3) is 20.0 Å². The van der Waals surface area contributed by atoms with Crippen LogP contribution in [0.3, 0.4) is 0 Å². The van der Waals surface area contributed by atoms with Gasteiger partial charge in [-0.3, -0.25) is 4.72 Å². The lowest BCUT2D eigenvalue weighted by Gasteiger charge is -2.13. The lowest BCUT2D eigenvalue weighted by molar-refractivity contribution is 0.592. The molecule has 0 spiro atoms. The van der Waals surface area contributed by atoms with Crippen LogP contribution in [0.4, 0.5) is 0 Å². The Morgan fingerprint density at radius 1 is 0.733 bits per heavy atom. The summed E-state index contributed by atoms with van der Waals surface area (Å²) in [5, 5.41) is 0. The molecule has 3 aromatic carbocycles. The molecule has 0 aliphatic heterocycles. The van der Waals surface area contributed by atoms with Crippen LogP contribution >= 0.6 is 0 Å². The highest BCUT2D eigenvalue weighted by Gasteiger charge is 2.22. The van der Waals surface area contributed by atoms with Crippen LogP contribution in [0, 0.1) is 20.8 Å². The van der Waals surface area contributed by atoms with Crippen LogP contribution in [-0.2, 0) is 20.0 Å². The number of nitrogens with zero attached hydrogens (tertiary/aromatic N) is 1. The van der Waals surface area contributed by atoms with E-state index in [2.05, 4.69) is 9.12 Å². The molecule has 0 saturated carbocycles. The molecule has 1 N–H and O–H groups in total. The summed E-state index contributed by atoms with van der Waals surface area (Å²) in [7, 11) is -8.19. The Labute approximate surface area is 177 Å². The first-order chi connectivity index (χ1) is 14.1. The number of benzene rings is 3. The quantitative estimate of drug-likeness (QED) is 0.481. The van der Waals surface area contributed by atoms with E-state index in [0.717, 1.165) is 11.1 Å². The summed E-state index contributed by atoms with van der Waals surface area (Å²) >= 11 is 0. The number of hydrogen-bond acceptors (Lipinski definition) is 4. The molecule has 0 bridgehead atoms. The summed E-state index contributed by atoms with van der Waals surface area (Å²) in [6.45, 7) is 5.38. The number of rotatable bonds is 5. The molecule has 0 aliphatic carbocycles. The molecule has 0 fully saturated rings. The minimum atomic E-state index is -4.14. The van der Waals surface area contributed by atoms with Gasteiger partial charge in [-0.15, -0.1) is 4.40 Å². The van der Waals surface area contributed by atoms with Crippen LogP contribution < -0.4 is 4.72 Å². The molecule has 0 unspecified atom stereocenters. The Hall–Kier alpha value is -2.97. The minimum Gasteiger partial charge on any atom is -0.262 e. The number of sulfonamides is 2. The molecule has 0 radical (unpaired) electrons. The summed E-state index contributed by atoms with van der Waals surface area (Å²) < 4.78 is 57.9. The highest BCUT2D eigenvalue weighted by Crippen LogP contribution is 2.18. The van der Waals surface area contributed by atoms with E-state index in [4.69, 9.17) is 0 Å². The normalized spacial score (nSPS) is 12.6. The summed E-state index contributed by atoms with van der Waals surface area (Å²) in [4.78, 5) is 0.0327. The van der Waals surface area contributed by atoms with Crippen molar-refractivity contribution >= 4 is 25.9 Å². The number of nitrogens with one attached hydrogen (secondary N) is 1. The van der Waals surface area contributed by atoms with E-state index in [1.807, 2.05) is 13.8 Å². The van der Waals surface area contributed by atoms with Crippen molar-refractivity contribution in [3.8, 4) is 0 Å². The minimum absolute atomic E-state index is 0.0206. The molecule has 0 atom stereocenters. The molecule has 3 rings (SSSR count). The Bertz CT molecular complexity index is 1290. The highest BCUT2D eigenvalue weighted by molar-refractivity contribution is 7.91. The van der Waals surface area contributed by atoms with E-state index in [9.17, 15) is 16.8 Å². The van der Waals surface area contributed by atoms with Gasteiger partial charge in [-0.1, -0.05) is 65.7 Å². The van der Waals surface area contributed by atoms with Crippen molar-refractivity contribution in [2.24, 2.45) is 4.40 Å². The molecule has 0 heterocycles. The van der Waals surface area contributed by atoms with Crippen molar-refractivity contribution in [1.29, 1.82) is 0 Å². The number of hydrogen-bond donors (Lipinski definition) is 1. The molecule has 30 heavy (non-hydrogen) atoms. The smallest absolute Gasteiger partial charge is 0.262 e. The molecular formula is C22H22N2O4S2. The third-order valence-electron chi connectivity index (χ3n) is 4.47. The lowest BCUT2D eigenvalue weighted by Crippen LogP contribution is -2.32. The fourth-order valence-electron chi connectivity index (χ4n) is 2.77. The largest absolute Gasteiger partial charge is 0.284 e. The first-order valence-electron chi connectivity index (χ1n) is 9.16. The average Bonchev–Trinajstić information content (AvgIpc) is 2.68. The molecular weight excluding hydrogens is 420 g/mol. The van der Waals surface area contributed by atoms with Crippen molar-refractivity contribution in [2.45, 2.75) is 30.6 Å². The molecule has 0 aliphatic rings. The number of aryl methyl sites for hydroxylation is 3. The fraction of sp³-hybridized carbons (Fsp3) is 0.136. The van der Waals surface area contributed by atoms with Gasteiger partial charge in [-0.25, -0.2) is 8.42 Å². The maximum absolute atomic E-state index is 13.0. The van der Waals surface area contributed by atoms with Crippen LogP contribution in [0.15, 0.2) is 87.0 Å². The second kappa shape index (κ2) is 8.41. The maximum Gasteiger partial charge on any atom is 0.284 e. The molecule has 0 aromatic heterocycles. The molecule has 0 amide bonds. The van der Waals surface area contributed by atoms with Crippen molar-refractivity contribution in [1.82, 2.24) is 4.72 Å². The van der Waals surface area contributed by atoms with E-state index in [-0.39, 0.29) is 15.6 Å². The predicted molar refractivity (Wildman–Crippen MR) is 118 cm³/mol. The van der Waals surface area contributed by atoms with Crippen molar-refractivity contribution < 1.29 is 16.8 Å². The van der Waals surface area contributed by atoms with Crippen molar-refractivity contribution in [3.63, 3.8) is 0 Å². The zero-order valence-electron chi connectivity index (χ0n) is 16.8. The zero-order chi connectivity index (χ0) is 21.9. The van der Waals surface area contributed by atoms with Gasteiger partial charge in [0.15, 0.2) is 5.84 Å². The third-order valence-corrected chi connectivity index (χ3v) is 7.26. The van der Waals surface area contributed by atoms with Crippen LogP contribution in [0.5, 0.6) is 0 Å². The molecule has 8 heteroatoms. The summed E-state index contributed by atoms with van der Waals surface area (Å²) in [6.07, 6.45) is 0. The van der Waals surface area contributed by atoms with E-state index >= 15 is 0 Å². The molecule has 156 valence electrons. The van der Waals surface area contributed by atoms with Gasteiger partial charge in [0.2, 0.25) is 0 Å². The second-order valence-electron chi connectivity index (χ2n) is 6.97. The lowest BCUT2D eigenvalue weighted by atomic mass is 10.1. The highest BCUT2D eigenvalue weighted by atomic mass is 32.2. The summed E-state index contributed by atoms with van der Waals surface area (Å²) in [5.41, 5.74) is 2.72. The predicted octanol–water partition coefficient (Wildman–Crippen LogP) is 3.73. The molecule has 0 saturated heterocycles. The first-order valence-corrected chi connectivity index (χ1v) is 12.1. The zero-order valence-corrected chi connectivity index (χ0v) is 18.5. The van der Waals surface area contributed by atoms with Crippen LogP contribution in [0.2, 0.25) is 0 Å². The Balaban J connectivity index is 2.12. The Morgan fingerprint density at radius 3 is 1.83 bits per heavy atom. The van der Waals surface area contributed by atoms with Crippen LogP contribution in [0.1, 0.15) is 22.3 Å². The fourth-order valence-corrected chi connectivity index (χ4v) is 5.08. The average molecular weight is 443 g/mol. The summed E-state index contributed by atoms with van der Waals surface area (Å²) in [6, 6.07) is 19.4. The van der Waals surface area contributed by atoms with Gasteiger partial charge in [-0.2, -0.15) is 8.42 Å². The van der Waals surface area contributed by atoms with Crippen LogP contribution in [-0.4, -0.2) is 22.7 Å². The monoisotopic (exact) mass is 442 g/mol. The van der Waals surface area contributed by atoms with Gasteiger partial charge in [0, 0.05) is 5.56 Å². The van der Waals surface area contributed by atoms with Gasteiger partial charge in [0.05, 0.1) is 9.79 Å². The van der Waals surface area contributed by atoms with Gasteiger partial charge >= 0.3 is 0 Å². The van der Waals surface area contributed by atoms with E-state index in [1.54, 1.807) is 61.5 Å². The topological polar surface area (TPSA) is 92.7 Å². The van der Waals surface area contributed by atoms with E-state index in [1.165, 1.54) is 18.2 Å². The summed E-state index contributed by atoms with van der Waals surface area (Å²) in [5.74, 6) is -0.265. The van der Waals surface area contributed by atoms with Gasteiger partial charge in [-0.05, 0) is 44.5 Å². The van der Waals surface area contributed by atoms with E-state index < -0.39 is 20.0 Å². The number of amidine groups is 1. The van der Waals surface area contributed by atoms with E-state index in [0.29, 0.717) is 11.1 Å². The van der Waals surface area contributed by atoms with Gasteiger partial charge < -0.3 is 0 Å². The SMILES string of the molecule is Cc1ccc(/C(=N\S(=O)(=O)c2ccc(C)cc2)NS(=O)(=O)c2ccccc2C)cc1. The van der Waals surface area contributed by atoms with Gasteiger partial charge in [0.1, 0.15) is 0 Å². The van der Waals surface area contributed by atoms with Crippen LogP contribution in [0.25, 0.3) is 0 Å². The first kappa shape index (κ1) is 21.7. The Kier molecular flexibility index (Phi) is 6.09. The maximum atomic E-state index is 13.0. The molecule has 3 aromatic rings. The van der Waals surface area contributed by atoms with Crippen molar-refractivity contribution in [3.05, 3.63) is 95.1 Å². The second-order valence-corrected chi connectivity index (χ2v) is 10.2. The van der Waals surface area contributed by atoms with Crippen molar-refractivity contribution in [2.75, 3.05) is 0 Å². The third kappa shape index (κ3) is 4.95. The Morgan fingerprint density at radius 2 is 1.27 bits per heavy atom. The standard InChI is InChI=1S/C22H22N2O4S2/c1-16-8-12-19(13-9-16)22(23-29(25,26)20-14-10-17(2)11-15-20)24-30(27,28)21-7-5-4-6-18(21)3/h4-15H,1-3H3,(H,23,24). The molecule has 6 nitrogen and oxygen atoms in total.